The van der Waals surface area contributed by atoms with Gasteiger partial charge in [0.15, 0.2) is 0 Å². The lowest BCUT2D eigenvalue weighted by molar-refractivity contribution is -0.144. The molecule has 0 aromatic rings. The Hall–Kier alpha value is -0.610. The molecule has 0 spiro atoms. The maximum atomic E-state index is 10.7. The number of hydrogen-bond donors (Lipinski definition) is 3. The summed E-state index contributed by atoms with van der Waals surface area (Å²) in [5.41, 5.74) is -0.920. The van der Waals surface area contributed by atoms with Gasteiger partial charge >= 0.3 is 5.97 Å². The van der Waals surface area contributed by atoms with Crippen LogP contribution in [0, 0.1) is 0 Å². The zero-order valence-corrected chi connectivity index (χ0v) is 7.79. The normalized spacial score (nSPS) is 18.3. The first-order chi connectivity index (χ1) is 5.42. The maximum Gasteiger partial charge on any atom is 0.323 e. The third-order valence-electron chi connectivity index (χ3n) is 1.97. The lowest BCUT2D eigenvalue weighted by Crippen LogP contribution is -2.51. The van der Waals surface area contributed by atoms with Gasteiger partial charge in [0.05, 0.1) is 6.10 Å². The molecular weight excluding hydrogens is 158 g/mol. The summed E-state index contributed by atoms with van der Waals surface area (Å²) in [5, 5.41) is 20.5. The van der Waals surface area contributed by atoms with E-state index in [0.29, 0.717) is 13.0 Å². The summed E-state index contributed by atoms with van der Waals surface area (Å²) in [6.07, 6.45) is -0.0232. The van der Waals surface area contributed by atoms with Crippen molar-refractivity contribution in [2.45, 2.75) is 38.8 Å². The average Bonchev–Trinajstić information content (AvgIpc) is 1.99. The molecule has 0 radical (unpaired) electrons. The van der Waals surface area contributed by atoms with Gasteiger partial charge in [0.2, 0.25) is 0 Å². The molecule has 4 heteroatoms. The molecule has 0 rings (SSSR count). The number of carboxylic acids is 1. The van der Waals surface area contributed by atoms with Crippen LogP contribution in [-0.2, 0) is 4.79 Å². The van der Waals surface area contributed by atoms with Crippen LogP contribution in [0.2, 0.25) is 0 Å². The zero-order valence-electron chi connectivity index (χ0n) is 7.79. The molecule has 0 fully saturated rings. The predicted molar refractivity (Wildman–Crippen MR) is 46.0 cm³/mol. The Morgan fingerprint density at radius 1 is 1.67 bits per heavy atom. The van der Waals surface area contributed by atoms with E-state index in [1.807, 2.05) is 0 Å². The highest BCUT2D eigenvalue weighted by Gasteiger charge is 2.30. The molecule has 0 aliphatic heterocycles. The van der Waals surface area contributed by atoms with Crippen LogP contribution in [0.5, 0.6) is 0 Å². The molecule has 0 bridgehead atoms. The molecule has 0 saturated heterocycles. The highest BCUT2D eigenvalue weighted by molar-refractivity contribution is 5.78. The third kappa shape index (κ3) is 3.19. The van der Waals surface area contributed by atoms with E-state index in [-0.39, 0.29) is 0 Å². The average molecular weight is 175 g/mol. The summed E-state index contributed by atoms with van der Waals surface area (Å²) in [6.45, 7) is 5.32. The van der Waals surface area contributed by atoms with Crippen molar-refractivity contribution in [3.05, 3.63) is 0 Å². The van der Waals surface area contributed by atoms with E-state index in [0.717, 1.165) is 0 Å². The molecule has 0 aromatic carbocycles. The van der Waals surface area contributed by atoms with Gasteiger partial charge in [0.25, 0.3) is 0 Å². The first-order valence-electron chi connectivity index (χ1n) is 4.09. The molecule has 0 aromatic heterocycles. The van der Waals surface area contributed by atoms with Crippen LogP contribution in [0.15, 0.2) is 0 Å². The van der Waals surface area contributed by atoms with Gasteiger partial charge in [-0.1, -0.05) is 6.92 Å². The van der Waals surface area contributed by atoms with Gasteiger partial charge in [0, 0.05) is 6.54 Å². The summed E-state index contributed by atoms with van der Waals surface area (Å²) < 4.78 is 0. The zero-order chi connectivity index (χ0) is 9.78. The fourth-order valence-corrected chi connectivity index (χ4v) is 0.725. The van der Waals surface area contributed by atoms with E-state index in [4.69, 9.17) is 10.2 Å². The fraction of sp³-hybridized carbons (Fsp3) is 0.875. The van der Waals surface area contributed by atoms with Crippen LogP contribution in [0.3, 0.4) is 0 Å². The van der Waals surface area contributed by atoms with Crippen LogP contribution >= 0.6 is 0 Å². The molecule has 2 unspecified atom stereocenters. The minimum absolute atomic E-state index is 0.302. The van der Waals surface area contributed by atoms with Crippen molar-refractivity contribution < 1.29 is 15.0 Å². The standard InChI is InChI=1S/C8H17NO3/c1-4-8(3,7(11)12)9-5-6(2)10/h6,9-10H,4-5H2,1-3H3,(H,11,12). The van der Waals surface area contributed by atoms with E-state index in [1.54, 1.807) is 20.8 Å². The van der Waals surface area contributed by atoms with Gasteiger partial charge in [0.1, 0.15) is 5.54 Å². The first kappa shape index (κ1) is 11.4. The molecule has 3 N–H and O–H groups in total. The second kappa shape index (κ2) is 4.42. The number of hydrogen-bond acceptors (Lipinski definition) is 3. The number of aliphatic hydroxyl groups excluding tert-OH is 1. The van der Waals surface area contributed by atoms with Gasteiger partial charge < -0.3 is 10.2 Å². The number of carboxylic acid groups (broad SMARTS) is 1. The molecule has 0 aliphatic rings. The molecule has 0 saturated carbocycles. The van der Waals surface area contributed by atoms with E-state index in [1.165, 1.54) is 0 Å². The SMILES string of the molecule is CCC(C)(NCC(C)O)C(=O)O. The van der Waals surface area contributed by atoms with E-state index >= 15 is 0 Å². The lowest BCUT2D eigenvalue weighted by atomic mass is 9.99. The first-order valence-corrected chi connectivity index (χ1v) is 4.09. The van der Waals surface area contributed by atoms with Crippen LogP contribution in [0.25, 0.3) is 0 Å². The Morgan fingerprint density at radius 3 is 2.42 bits per heavy atom. The van der Waals surface area contributed by atoms with Crippen molar-refractivity contribution >= 4 is 5.97 Å². The summed E-state index contributed by atoms with van der Waals surface area (Å²) in [5.74, 6) is -0.884. The number of aliphatic carboxylic acids is 1. The fourth-order valence-electron chi connectivity index (χ4n) is 0.725. The Morgan fingerprint density at radius 2 is 2.17 bits per heavy atom. The molecule has 0 aliphatic carbocycles. The summed E-state index contributed by atoms with van der Waals surface area (Å²) in [7, 11) is 0. The number of carbonyl (C=O) groups is 1. The van der Waals surface area contributed by atoms with Crippen molar-refractivity contribution in [2.75, 3.05) is 6.54 Å². The Kier molecular flexibility index (Phi) is 4.20. The van der Waals surface area contributed by atoms with Crippen molar-refractivity contribution in [2.24, 2.45) is 0 Å². The number of rotatable bonds is 5. The van der Waals surface area contributed by atoms with Crippen molar-refractivity contribution in [1.82, 2.24) is 5.32 Å². The highest BCUT2D eigenvalue weighted by atomic mass is 16.4. The quantitative estimate of drug-likeness (QED) is 0.558. The topological polar surface area (TPSA) is 69.6 Å². The van der Waals surface area contributed by atoms with Gasteiger partial charge in [-0.25, -0.2) is 0 Å². The van der Waals surface area contributed by atoms with E-state index in [2.05, 4.69) is 5.32 Å². The van der Waals surface area contributed by atoms with Crippen LogP contribution < -0.4 is 5.32 Å². The van der Waals surface area contributed by atoms with E-state index in [9.17, 15) is 4.79 Å². The predicted octanol–water partition coefficient (Wildman–Crippen LogP) is 0.210. The monoisotopic (exact) mass is 175 g/mol. The Balaban J connectivity index is 4.06. The second-order valence-corrected chi connectivity index (χ2v) is 3.22. The molecule has 72 valence electrons. The van der Waals surface area contributed by atoms with Gasteiger partial charge in [-0.15, -0.1) is 0 Å². The summed E-state index contributed by atoms with van der Waals surface area (Å²) >= 11 is 0. The van der Waals surface area contributed by atoms with Crippen molar-refractivity contribution in [1.29, 1.82) is 0 Å². The Labute approximate surface area is 72.6 Å². The minimum Gasteiger partial charge on any atom is -0.480 e. The highest BCUT2D eigenvalue weighted by Crippen LogP contribution is 2.08. The van der Waals surface area contributed by atoms with Crippen LogP contribution in [0.1, 0.15) is 27.2 Å². The summed E-state index contributed by atoms with van der Waals surface area (Å²) in [6, 6.07) is 0. The van der Waals surface area contributed by atoms with Crippen LogP contribution in [-0.4, -0.2) is 34.4 Å². The molecule has 2 atom stereocenters. The largest absolute Gasteiger partial charge is 0.480 e. The minimum atomic E-state index is -0.920. The summed E-state index contributed by atoms with van der Waals surface area (Å²) in [4.78, 5) is 10.7. The van der Waals surface area contributed by atoms with Crippen molar-refractivity contribution in [3.63, 3.8) is 0 Å². The third-order valence-corrected chi connectivity index (χ3v) is 1.97. The molecule has 4 nitrogen and oxygen atoms in total. The second-order valence-electron chi connectivity index (χ2n) is 3.22. The number of nitrogens with one attached hydrogen (secondary N) is 1. The molecule has 0 amide bonds. The molecule has 12 heavy (non-hydrogen) atoms. The number of β-amino-alcohol motifs (C(OH)–C–C–N with tert-alkyl or cyclic N) is 1. The van der Waals surface area contributed by atoms with Gasteiger partial charge in [-0.05, 0) is 20.3 Å². The van der Waals surface area contributed by atoms with Gasteiger partial charge in [-0.2, -0.15) is 0 Å². The van der Waals surface area contributed by atoms with E-state index < -0.39 is 17.6 Å². The molecule has 0 heterocycles. The smallest absolute Gasteiger partial charge is 0.323 e. The number of aliphatic hydroxyl groups is 1. The van der Waals surface area contributed by atoms with Gasteiger partial charge in [-0.3, -0.25) is 10.1 Å². The molecular formula is C8H17NO3. The van der Waals surface area contributed by atoms with Crippen LogP contribution in [0.4, 0.5) is 0 Å². The van der Waals surface area contributed by atoms with Crippen molar-refractivity contribution in [3.8, 4) is 0 Å². The Bertz CT molecular complexity index is 158. The maximum absolute atomic E-state index is 10.7. The lowest BCUT2D eigenvalue weighted by Gasteiger charge is -2.25.